The van der Waals surface area contributed by atoms with Gasteiger partial charge in [0.15, 0.2) is 5.82 Å². The van der Waals surface area contributed by atoms with E-state index in [4.69, 9.17) is 4.98 Å². The fraction of sp³-hybridized carbons (Fsp3) is 0.318. The van der Waals surface area contributed by atoms with Gasteiger partial charge in [0.1, 0.15) is 0 Å². The Hall–Kier alpha value is -3.15. The van der Waals surface area contributed by atoms with Gasteiger partial charge in [-0.05, 0) is 29.7 Å². The molecule has 0 radical (unpaired) electrons. The minimum absolute atomic E-state index is 0.434. The van der Waals surface area contributed by atoms with Crippen LogP contribution in [0.2, 0.25) is 0 Å². The van der Waals surface area contributed by atoms with E-state index in [2.05, 4.69) is 87.7 Å². The molecule has 6 heteroatoms. The highest BCUT2D eigenvalue weighted by molar-refractivity contribution is 5.61. The van der Waals surface area contributed by atoms with Gasteiger partial charge in [-0.2, -0.15) is 10.1 Å². The third-order valence-corrected chi connectivity index (χ3v) is 5.08. The predicted octanol–water partition coefficient (Wildman–Crippen LogP) is 4.07. The van der Waals surface area contributed by atoms with Crippen LogP contribution in [0.4, 0.5) is 23.1 Å². The van der Waals surface area contributed by atoms with E-state index in [9.17, 15) is 0 Å². The highest BCUT2D eigenvalue weighted by Gasteiger charge is 2.20. The summed E-state index contributed by atoms with van der Waals surface area (Å²) < 4.78 is 0. The van der Waals surface area contributed by atoms with Crippen LogP contribution in [-0.4, -0.2) is 41.4 Å². The van der Waals surface area contributed by atoms with Gasteiger partial charge in [0.05, 0.1) is 6.20 Å². The van der Waals surface area contributed by atoms with Crippen molar-refractivity contribution in [2.24, 2.45) is 0 Å². The summed E-state index contributed by atoms with van der Waals surface area (Å²) in [6.45, 7) is 8.03. The van der Waals surface area contributed by atoms with Crippen molar-refractivity contribution < 1.29 is 0 Å². The number of benzene rings is 2. The number of hydrogen-bond donors (Lipinski definition) is 1. The number of nitrogens with zero attached hydrogens (tertiary/aromatic N) is 5. The first-order chi connectivity index (χ1) is 13.7. The lowest BCUT2D eigenvalue weighted by molar-refractivity contribution is 0.635. The fourth-order valence-corrected chi connectivity index (χ4v) is 3.54. The first-order valence-electron chi connectivity index (χ1n) is 9.81. The van der Waals surface area contributed by atoms with Crippen molar-refractivity contribution in [3.8, 4) is 0 Å². The second-order valence-electron chi connectivity index (χ2n) is 7.32. The largest absolute Gasteiger partial charge is 0.368 e. The van der Waals surface area contributed by atoms with Crippen molar-refractivity contribution in [2.45, 2.75) is 19.8 Å². The zero-order valence-electron chi connectivity index (χ0n) is 16.4. The first kappa shape index (κ1) is 18.2. The maximum atomic E-state index is 4.71. The standard InChI is InChI=1S/C22H26N6/c1-17(2)19-10-6-7-11-20(19)24-21-16-23-26-22(25-21)28-14-12-27(13-15-28)18-8-4-3-5-9-18/h3-11,16-17H,12-15H2,1-2H3,(H,24,25,26). The number of piperazine rings is 1. The molecule has 1 saturated heterocycles. The number of anilines is 4. The molecule has 0 atom stereocenters. The lowest BCUT2D eigenvalue weighted by atomic mass is 10.0. The topological polar surface area (TPSA) is 57.2 Å². The lowest BCUT2D eigenvalue weighted by Crippen LogP contribution is -2.47. The molecule has 1 aliphatic heterocycles. The van der Waals surface area contributed by atoms with Gasteiger partial charge in [0.2, 0.25) is 5.95 Å². The van der Waals surface area contributed by atoms with Gasteiger partial charge in [-0.15, -0.1) is 5.10 Å². The Morgan fingerprint density at radius 1 is 0.857 bits per heavy atom. The predicted molar refractivity (Wildman–Crippen MR) is 115 cm³/mol. The van der Waals surface area contributed by atoms with E-state index < -0.39 is 0 Å². The Labute approximate surface area is 166 Å². The average molecular weight is 374 g/mol. The van der Waals surface area contributed by atoms with Gasteiger partial charge < -0.3 is 15.1 Å². The number of para-hydroxylation sites is 2. The lowest BCUT2D eigenvalue weighted by Gasteiger charge is -2.35. The third kappa shape index (κ3) is 4.06. The van der Waals surface area contributed by atoms with Crippen LogP contribution >= 0.6 is 0 Å². The first-order valence-corrected chi connectivity index (χ1v) is 9.81. The summed E-state index contributed by atoms with van der Waals surface area (Å²) >= 11 is 0. The van der Waals surface area contributed by atoms with Gasteiger partial charge in [-0.3, -0.25) is 0 Å². The number of nitrogens with one attached hydrogen (secondary N) is 1. The minimum Gasteiger partial charge on any atom is -0.368 e. The van der Waals surface area contributed by atoms with Crippen molar-refractivity contribution in [1.29, 1.82) is 0 Å². The van der Waals surface area contributed by atoms with Crippen molar-refractivity contribution in [1.82, 2.24) is 15.2 Å². The Bertz CT molecular complexity index is 904. The van der Waals surface area contributed by atoms with Crippen LogP contribution in [0.1, 0.15) is 25.3 Å². The second-order valence-corrected chi connectivity index (χ2v) is 7.32. The smallest absolute Gasteiger partial charge is 0.247 e. The van der Waals surface area contributed by atoms with E-state index >= 15 is 0 Å². The Balaban J connectivity index is 1.45. The molecule has 0 aliphatic carbocycles. The van der Waals surface area contributed by atoms with E-state index in [0.29, 0.717) is 11.9 Å². The number of rotatable bonds is 5. The Morgan fingerprint density at radius 3 is 2.29 bits per heavy atom. The van der Waals surface area contributed by atoms with Crippen molar-refractivity contribution >= 4 is 23.1 Å². The molecule has 6 nitrogen and oxygen atoms in total. The Morgan fingerprint density at radius 2 is 1.54 bits per heavy atom. The zero-order chi connectivity index (χ0) is 19.3. The van der Waals surface area contributed by atoms with Crippen molar-refractivity contribution in [3.05, 3.63) is 66.4 Å². The molecule has 0 bridgehead atoms. The van der Waals surface area contributed by atoms with Crippen LogP contribution in [0.5, 0.6) is 0 Å². The molecule has 1 aliphatic rings. The molecule has 1 fully saturated rings. The maximum Gasteiger partial charge on any atom is 0.247 e. The van der Waals surface area contributed by atoms with Crippen LogP contribution < -0.4 is 15.1 Å². The molecule has 1 aromatic heterocycles. The highest BCUT2D eigenvalue weighted by Crippen LogP contribution is 2.26. The monoisotopic (exact) mass is 374 g/mol. The second kappa shape index (κ2) is 8.25. The summed E-state index contributed by atoms with van der Waals surface area (Å²) in [7, 11) is 0. The molecule has 2 heterocycles. The van der Waals surface area contributed by atoms with E-state index in [1.807, 2.05) is 6.07 Å². The number of hydrogen-bond acceptors (Lipinski definition) is 6. The van der Waals surface area contributed by atoms with E-state index in [0.717, 1.165) is 37.7 Å². The SMILES string of the molecule is CC(C)c1ccccc1Nc1cnnc(N2CCN(c3ccccc3)CC2)n1. The highest BCUT2D eigenvalue weighted by atomic mass is 15.4. The quantitative estimate of drug-likeness (QED) is 0.727. The molecule has 0 unspecified atom stereocenters. The minimum atomic E-state index is 0.434. The van der Waals surface area contributed by atoms with E-state index in [-0.39, 0.29) is 0 Å². The molecule has 1 N–H and O–H groups in total. The van der Waals surface area contributed by atoms with Gasteiger partial charge in [-0.25, -0.2) is 0 Å². The molecule has 0 saturated carbocycles. The van der Waals surface area contributed by atoms with Crippen LogP contribution in [0.25, 0.3) is 0 Å². The fourth-order valence-electron chi connectivity index (χ4n) is 3.54. The summed E-state index contributed by atoms with van der Waals surface area (Å²) in [4.78, 5) is 9.31. The van der Waals surface area contributed by atoms with Gasteiger partial charge in [0.25, 0.3) is 0 Å². The molecule has 0 spiro atoms. The average Bonchev–Trinajstić information content (AvgIpc) is 2.75. The molecule has 0 amide bonds. The number of aromatic nitrogens is 3. The molecule has 144 valence electrons. The molecule has 28 heavy (non-hydrogen) atoms. The Kier molecular flexibility index (Phi) is 5.37. The van der Waals surface area contributed by atoms with Crippen LogP contribution in [0.3, 0.4) is 0 Å². The maximum absolute atomic E-state index is 4.71. The molecule has 2 aromatic carbocycles. The summed E-state index contributed by atoms with van der Waals surface area (Å²) in [6, 6.07) is 18.9. The summed E-state index contributed by atoms with van der Waals surface area (Å²) in [6.07, 6.45) is 1.68. The van der Waals surface area contributed by atoms with Gasteiger partial charge >= 0.3 is 0 Å². The van der Waals surface area contributed by atoms with Gasteiger partial charge in [0, 0.05) is 37.6 Å². The van der Waals surface area contributed by atoms with E-state index in [1.165, 1.54) is 11.3 Å². The molecule has 3 aromatic rings. The van der Waals surface area contributed by atoms with Crippen molar-refractivity contribution in [3.63, 3.8) is 0 Å². The zero-order valence-corrected chi connectivity index (χ0v) is 16.4. The van der Waals surface area contributed by atoms with Crippen LogP contribution in [0.15, 0.2) is 60.8 Å². The summed E-state index contributed by atoms with van der Waals surface area (Å²) in [5.41, 5.74) is 3.60. The van der Waals surface area contributed by atoms with Crippen molar-refractivity contribution in [2.75, 3.05) is 41.3 Å². The molecular formula is C22H26N6. The van der Waals surface area contributed by atoms with Gasteiger partial charge in [-0.1, -0.05) is 50.2 Å². The van der Waals surface area contributed by atoms with Crippen LogP contribution in [-0.2, 0) is 0 Å². The van der Waals surface area contributed by atoms with Crippen LogP contribution in [0, 0.1) is 0 Å². The van der Waals surface area contributed by atoms with E-state index in [1.54, 1.807) is 6.20 Å². The summed E-state index contributed by atoms with van der Waals surface area (Å²) in [5.74, 6) is 1.84. The molecular weight excluding hydrogens is 348 g/mol. The molecule has 4 rings (SSSR count). The summed E-state index contributed by atoms with van der Waals surface area (Å²) in [5, 5.41) is 11.9. The normalized spacial score (nSPS) is 14.4. The third-order valence-electron chi connectivity index (χ3n) is 5.08.